The summed E-state index contributed by atoms with van der Waals surface area (Å²) in [4.78, 5) is 31.0. The highest BCUT2D eigenvalue weighted by atomic mass is 79.9. The Hall–Kier alpha value is -2.19. The van der Waals surface area contributed by atoms with Crippen molar-refractivity contribution in [2.75, 3.05) is 19.8 Å². The van der Waals surface area contributed by atoms with Gasteiger partial charge in [-0.25, -0.2) is 4.79 Å². The zero-order chi connectivity index (χ0) is 22.8. The van der Waals surface area contributed by atoms with Gasteiger partial charge in [0.15, 0.2) is 11.5 Å². The number of hydrogen-bond donors (Lipinski definition) is 1. The van der Waals surface area contributed by atoms with Crippen LogP contribution in [0.1, 0.15) is 57.4 Å². The van der Waals surface area contributed by atoms with Crippen LogP contribution < -0.4 is 4.74 Å². The largest absolute Gasteiger partial charge is 0.503 e. The van der Waals surface area contributed by atoms with Gasteiger partial charge in [-0.3, -0.25) is 9.79 Å². The number of carbonyl (C=O) groups is 2. The molecule has 0 aromatic heterocycles. The van der Waals surface area contributed by atoms with Crippen LogP contribution in [0.5, 0.6) is 11.5 Å². The van der Waals surface area contributed by atoms with E-state index in [2.05, 4.69) is 20.9 Å². The first-order valence-electron chi connectivity index (χ1n) is 11.2. The molecular weight excluding hydrogens is 478 g/mol. The molecule has 0 bridgehead atoms. The van der Waals surface area contributed by atoms with Crippen LogP contribution in [-0.2, 0) is 19.1 Å². The standard InChI is InChI=1S/C24H28BrNO6/c1-3-30-19-11-14(10-16(25)23(19)28)21-20(24(29)32-12-15-6-5-9-31-15)13(2)26-17-7-4-8-18(27)22(17)21/h10-11,15,21-22,28H,3-9,12H2,1-2H3/t15-,21+,22?/m0/s1. The lowest BCUT2D eigenvalue weighted by Crippen LogP contribution is -2.39. The van der Waals surface area contributed by atoms with Crippen molar-refractivity contribution >= 4 is 33.4 Å². The van der Waals surface area contributed by atoms with E-state index in [9.17, 15) is 14.7 Å². The highest BCUT2D eigenvalue weighted by Crippen LogP contribution is 2.46. The monoisotopic (exact) mass is 505 g/mol. The van der Waals surface area contributed by atoms with Gasteiger partial charge < -0.3 is 19.3 Å². The van der Waals surface area contributed by atoms with Gasteiger partial charge in [0.2, 0.25) is 0 Å². The number of fused-ring (bicyclic) bond motifs is 1. The van der Waals surface area contributed by atoms with Crippen molar-refractivity contribution in [1.82, 2.24) is 0 Å². The van der Waals surface area contributed by atoms with Crippen molar-refractivity contribution in [2.45, 2.75) is 58.0 Å². The summed E-state index contributed by atoms with van der Waals surface area (Å²) in [5, 5.41) is 10.4. The predicted octanol–water partition coefficient (Wildman–Crippen LogP) is 4.46. The fourth-order valence-electron chi connectivity index (χ4n) is 4.81. The molecule has 1 N–H and O–H groups in total. The van der Waals surface area contributed by atoms with E-state index < -0.39 is 17.8 Å². The smallest absolute Gasteiger partial charge is 0.336 e. The summed E-state index contributed by atoms with van der Waals surface area (Å²) in [6.45, 7) is 4.85. The first kappa shape index (κ1) is 23.0. The average molecular weight is 506 g/mol. The summed E-state index contributed by atoms with van der Waals surface area (Å²) < 4.78 is 17.3. The van der Waals surface area contributed by atoms with Crippen LogP contribution in [0.4, 0.5) is 0 Å². The maximum Gasteiger partial charge on any atom is 0.336 e. The van der Waals surface area contributed by atoms with Crippen LogP contribution in [0.15, 0.2) is 32.9 Å². The molecule has 1 saturated carbocycles. The first-order chi connectivity index (χ1) is 15.4. The normalized spacial score (nSPS) is 25.4. The van der Waals surface area contributed by atoms with Gasteiger partial charge in [0.25, 0.3) is 0 Å². The molecule has 172 valence electrons. The summed E-state index contributed by atoms with van der Waals surface area (Å²) in [7, 11) is 0. The third-order valence-corrected chi connectivity index (χ3v) is 6.87. The molecule has 1 aliphatic carbocycles. The lowest BCUT2D eigenvalue weighted by molar-refractivity contribution is -0.142. The van der Waals surface area contributed by atoms with Crippen molar-refractivity contribution in [3.63, 3.8) is 0 Å². The number of phenols is 1. The Morgan fingerprint density at radius 1 is 1.28 bits per heavy atom. The molecule has 3 aliphatic rings. The number of Topliss-reactive ketones (excluding diaryl/α,β-unsaturated/α-hetero) is 1. The van der Waals surface area contributed by atoms with Crippen LogP contribution in [0.25, 0.3) is 0 Å². The molecule has 8 heteroatoms. The molecule has 4 rings (SSSR count). The third-order valence-electron chi connectivity index (χ3n) is 6.26. The van der Waals surface area contributed by atoms with Crippen LogP contribution in [0.3, 0.4) is 0 Å². The highest BCUT2D eigenvalue weighted by Gasteiger charge is 2.44. The molecule has 0 radical (unpaired) electrons. The predicted molar refractivity (Wildman–Crippen MR) is 122 cm³/mol. The fraction of sp³-hybridized carbons (Fsp3) is 0.542. The van der Waals surface area contributed by atoms with Crippen molar-refractivity contribution < 1.29 is 28.9 Å². The van der Waals surface area contributed by atoms with Gasteiger partial charge in [0.1, 0.15) is 12.4 Å². The molecule has 2 aliphatic heterocycles. The Kier molecular flexibility index (Phi) is 7.00. The summed E-state index contributed by atoms with van der Waals surface area (Å²) in [6.07, 6.45) is 3.66. The summed E-state index contributed by atoms with van der Waals surface area (Å²) in [5.74, 6) is -1.20. The lowest BCUT2D eigenvalue weighted by Gasteiger charge is -2.36. The summed E-state index contributed by atoms with van der Waals surface area (Å²) in [5.41, 5.74) is 2.46. The minimum absolute atomic E-state index is 0.0153. The van der Waals surface area contributed by atoms with E-state index in [-0.39, 0.29) is 24.2 Å². The molecule has 32 heavy (non-hydrogen) atoms. The van der Waals surface area contributed by atoms with Gasteiger partial charge in [-0.1, -0.05) is 0 Å². The number of benzene rings is 1. The van der Waals surface area contributed by atoms with E-state index in [0.29, 0.717) is 46.7 Å². The topological polar surface area (TPSA) is 94.4 Å². The zero-order valence-corrected chi connectivity index (χ0v) is 19.9. The number of halogens is 1. The van der Waals surface area contributed by atoms with Gasteiger partial charge in [-0.2, -0.15) is 0 Å². The van der Waals surface area contributed by atoms with Gasteiger partial charge >= 0.3 is 5.97 Å². The molecule has 1 unspecified atom stereocenters. The Balaban J connectivity index is 1.75. The molecule has 3 atom stereocenters. The number of aromatic hydroxyl groups is 1. The van der Waals surface area contributed by atoms with Crippen LogP contribution in [0, 0.1) is 5.92 Å². The maximum absolute atomic E-state index is 13.3. The second-order valence-corrected chi connectivity index (χ2v) is 9.25. The number of hydrogen-bond acceptors (Lipinski definition) is 7. The molecule has 0 spiro atoms. The van der Waals surface area contributed by atoms with E-state index in [1.807, 2.05) is 6.92 Å². The van der Waals surface area contributed by atoms with Gasteiger partial charge in [0, 0.05) is 30.4 Å². The van der Waals surface area contributed by atoms with Crippen LogP contribution in [-0.4, -0.2) is 48.5 Å². The second kappa shape index (κ2) is 9.75. The molecule has 2 fully saturated rings. The van der Waals surface area contributed by atoms with Crippen molar-refractivity contribution in [1.29, 1.82) is 0 Å². The van der Waals surface area contributed by atoms with Crippen molar-refractivity contribution in [3.8, 4) is 11.5 Å². The second-order valence-electron chi connectivity index (χ2n) is 8.39. The summed E-state index contributed by atoms with van der Waals surface area (Å²) >= 11 is 3.39. The Morgan fingerprint density at radius 2 is 2.09 bits per heavy atom. The third kappa shape index (κ3) is 4.48. The molecule has 1 saturated heterocycles. The lowest BCUT2D eigenvalue weighted by atomic mass is 9.69. The average Bonchev–Trinajstić information content (AvgIpc) is 3.28. The van der Waals surface area contributed by atoms with E-state index >= 15 is 0 Å². The summed E-state index contributed by atoms with van der Waals surface area (Å²) in [6, 6.07) is 3.45. The number of esters is 1. The molecule has 0 amide bonds. The number of phenolic OH excluding ortho intramolecular Hbond substituents is 1. The quantitative estimate of drug-likeness (QED) is 0.573. The van der Waals surface area contributed by atoms with Gasteiger partial charge in [0.05, 0.1) is 28.7 Å². The van der Waals surface area contributed by atoms with Gasteiger partial charge in [-0.05, 0) is 73.2 Å². The van der Waals surface area contributed by atoms with Crippen molar-refractivity contribution in [3.05, 3.63) is 33.4 Å². The van der Waals surface area contributed by atoms with Gasteiger partial charge in [-0.15, -0.1) is 0 Å². The number of carbonyl (C=O) groups excluding carboxylic acids is 2. The first-order valence-corrected chi connectivity index (χ1v) is 11.9. The Bertz CT molecular complexity index is 979. The number of nitrogens with zero attached hydrogens (tertiary/aromatic N) is 1. The highest BCUT2D eigenvalue weighted by molar-refractivity contribution is 9.10. The van der Waals surface area contributed by atoms with Crippen LogP contribution >= 0.6 is 15.9 Å². The maximum atomic E-state index is 13.3. The number of ketones is 1. The van der Waals surface area contributed by atoms with Crippen molar-refractivity contribution in [2.24, 2.45) is 10.9 Å². The Morgan fingerprint density at radius 3 is 2.81 bits per heavy atom. The Labute approximate surface area is 196 Å². The fourth-order valence-corrected chi connectivity index (χ4v) is 5.27. The molecular formula is C24H28BrNO6. The molecule has 1 aromatic carbocycles. The van der Waals surface area contributed by atoms with E-state index in [4.69, 9.17) is 14.2 Å². The SMILES string of the molecule is CCOc1cc([C@@H]2C(C(=O)OC[C@@H]3CCCO3)=C(C)N=C3CCCC(=O)C32)cc(Br)c1O. The number of rotatable bonds is 6. The van der Waals surface area contributed by atoms with E-state index in [1.165, 1.54) is 0 Å². The number of ether oxygens (including phenoxy) is 3. The zero-order valence-electron chi connectivity index (χ0n) is 18.4. The number of allylic oxidation sites excluding steroid dienone is 1. The van der Waals surface area contributed by atoms with E-state index in [0.717, 1.165) is 31.4 Å². The molecule has 2 heterocycles. The number of aliphatic imine (C=N–C) groups is 1. The molecule has 1 aromatic rings. The molecule has 7 nitrogen and oxygen atoms in total. The minimum atomic E-state index is -0.552. The minimum Gasteiger partial charge on any atom is -0.503 e. The van der Waals surface area contributed by atoms with E-state index in [1.54, 1.807) is 19.1 Å². The van der Waals surface area contributed by atoms with Crippen LogP contribution in [0.2, 0.25) is 0 Å².